The van der Waals surface area contributed by atoms with Crippen molar-refractivity contribution in [2.24, 2.45) is 0 Å². The van der Waals surface area contributed by atoms with E-state index in [2.05, 4.69) is 20.8 Å². The smallest absolute Gasteiger partial charge is 0.220 e. The summed E-state index contributed by atoms with van der Waals surface area (Å²) in [6.07, 6.45) is 2.41. The zero-order valence-corrected chi connectivity index (χ0v) is 9.90. The zero-order chi connectivity index (χ0) is 11.8. The van der Waals surface area contributed by atoms with Gasteiger partial charge in [-0.2, -0.15) is 0 Å². The molecule has 1 aromatic rings. The topological polar surface area (TPSA) is 72.7 Å². The molecule has 1 aromatic heterocycles. The summed E-state index contributed by atoms with van der Waals surface area (Å²) >= 11 is 0. The average Bonchev–Trinajstić information content (AvgIpc) is 2.65. The normalized spacial score (nSPS) is 21.9. The molecule has 0 aromatic carbocycles. The van der Waals surface area contributed by atoms with E-state index in [4.69, 9.17) is 0 Å². The molecule has 1 amide bonds. The maximum Gasteiger partial charge on any atom is 0.220 e. The van der Waals surface area contributed by atoms with Gasteiger partial charge in [0.25, 0.3) is 0 Å². The second-order valence-electron chi connectivity index (χ2n) is 5.13. The lowest BCUT2D eigenvalue weighted by atomic mass is 10.0. The SMILES string of the molecule is CC(C)(C)n1nnnc1[C@H]1CCCC(=O)N1. The van der Waals surface area contributed by atoms with Gasteiger partial charge in [0.2, 0.25) is 5.91 Å². The summed E-state index contributed by atoms with van der Waals surface area (Å²) in [5.74, 6) is 0.834. The van der Waals surface area contributed by atoms with Gasteiger partial charge in [0, 0.05) is 6.42 Å². The molecule has 2 heterocycles. The molecule has 1 fully saturated rings. The molecule has 0 saturated carbocycles. The first-order chi connectivity index (χ1) is 7.48. The van der Waals surface area contributed by atoms with Gasteiger partial charge in [0.1, 0.15) is 0 Å². The lowest BCUT2D eigenvalue weighted by Gasteiger charge is -2.26. The number of piperidine rings is 1. The van der Waals surface area contributed by atoms with Crippen LogP contribution in [0, 0.1) is 0 Å². The minimum atomic E-state index is -0.166. The van der Waals surface area contributed by atoms with Gasteiger partial charge in [-0.05, 0) is 44.0 Å². The second-order valence-corrected chi connectivity index (χ2v) is 5.13. The molecule has 1 aliphatic rings. The lowest BCUT2D eigenvalue weighted by Crippen LogP contribution is -2.36. The highest BCUT2D eigenvalue weighted by molar-refractivity contribution is 5.77. The number of carbonyl (C=O) groups is 1. The predicted molar refractivity (Wildman–Crippen MR) is 57.5 cm³/mol. The van der Waals surface area contributed by atoms with Crippen LogP contribution < -0.4 is 5.32 Å². The molecule has 6 heteroatoms. The number of aromatic nitrogens is 4. The first-order valence-electron chi connectivity index (χ1n) is 5.56. The van der Waals surface area contributed by atoms with Crippen LogP contribution in [0.3, 0.4) is 0 Å². The minimum absolute atomic E-state index is 0.0459. The molecule has 1 atom stereocenters. The molecule has 2 rings (SSSR count). The molecule has 16 heavy (non-hydrogen) atoms. The van der Waals surface area contributed by atoms with Gasteiger partial charge < -0.3 is 5.32 Å². The number of carbonyl (C=O) groups excluding carboxylic acids is 1. The van der Waals surface area contributed by atoms with Gasteiger partial charge in [0.05, 0.1) is 11.6 Å². The Labute approximate surface area is 94.4 Å². The van der Waals surface area contributed by atoms with Crippen LogP contribution >= 0.6 is 0 Å². The van der Waals surface area contributed by atoms with Crippen LogP contribution in [0.4, 0.5) is 0 Å². The van der Waals surface area contributed by atoms with E-state index in [0.29, 0.717) is 6.42 Å². The molecule has 0 spiro atoms. The molecule has 6 nitrogen and oxygen atoms in total. The van der Waals surface area contributed by atoms with Crippen molar-refractivity contribution in [2.45, 2.75) is 51.6 Å². The average molecular weight is 223 g/mol. The van der Waals surface area contributed by atoms with Gasteiger partial charge in [-0.15, -0.1) is 5.10 Å². The second kappa shape index (κ2) is 3.84. The van der Waals surface area contributed by atoms with E-state index in [0.717, 1.165) is 18.7 Å². The summed E-state index contributed by atoms with van der Waals surface area (Å²) in [6, 6.07) is -0.0459. The first-order valence-corrected chi connectivity index (χ1v) is 5.56. The van der Waals surface area contributed by atoms with E-state index in [9.17, 15) is 4.79 Å². The Morgan fingerprint density at radius 3 is 2.81 bits per heavy atom. The Hall–Kier alpha value is -1.46. The Morgan fingerprint density at radius 2 is 2.19 bits per heavy atom. The number of hydrogen-bond donors (Lipinski definition) is 1. The van der Waals surface area contributed by atoms with Crippen LogP contribution in [0.2, 0.25) is 0 Å². The molecule has 88 valence electrons. The maximum atomic E-state index is 11.3. The fourth-order valence-corrected chi connectivity index (χ4v) is 1.89. The number of nitrogens with one attached hydrogen (secondary N) is 1. The van der Waals surface area contributed by atoms with Crippen molar-refractivity contribution in [3.63, 3.8) is 0 Å². The standard InChI is InChI=1S/C10H17N5O/c1-10(2,3)15-9(12-13-14-15)7-5-4-6-8(16)11-7/h7H,4-6H2,1-3H3,(H,11,16)/t7-/m1/s1. The molecule has 0 radical (unpaired) electrons. The Bertz CT molecular complexity index is 392. The van der Waals surface area contributed by atoms with Gasteiger partial charge >= 0.3 is 0 Å². The minimum Gasteiger partial charge on any atom is -0.346 e. The number of amides is 1. The van der Waals surface area contributed by atoms with Gasteiger partial charge in [0.15, 0.2) is 5.82 Å². The van der Waals surface area contributed by atoms with Crippen molar-refractivity contribution in [3.8, 4) is 0 Å². The summed E-state index contributed by atoms with van der Waals surface area (Å²) in [5, 5.41) is 14.6. The third-order valence-electron chi connectivity index (χ3n) is 2.67. The lowest BCUT2D eigenvalue weighted by molar-refractivity contribution is -0.123. The van der Waals surface area contributed by atoms with Crippen LogP contribution in [0.5, 0.6) is 0 Å². The van der Waals surface area contributed by atoms with Crippen LogP contribution in [-0.2, 0) is 10.3 Å². The highest BCUT2D eigenvalue weighted by Crippen LogP contribution is 2.24. The molecule has 1 N–H and O–H groups in total. The van der Waals surface area contributed by atoms with Crippen molar-refractivity contribution in [1.29, 1.82) is 0 Å². The number of hydrogen-bond acceptors (Lipinski definition) is 4. The third kappa shape index (κ3) is 2.05. The Kier molecular flexibility index (Phi) is 2.65. The Balaban J connectivity index is 2.26. The molecule has 0 unspecified atom stereocenters. The molecular weight excluding hydrogens is 206 g/mol. The first kappa shape index (κ1) is 11.0. The van der Waals surface area contributed by atoms with Crippen molar-refractivity contribution < 1.29 is 4.79 Å². The third-order valence-corrected chi connectivity index (χ3v) is 2.67. The molecule has 1 saturated heterocycles. The number of nitrogens with zero attached hydrogens (tertiary/aromatic N) is 4. The van der Waals surface area contributed by atoms with Gasteiger partial charge in [-0.25, -0.2) is 4.68 Å². The fourth-order valence-electron chi connectivity index (χ4n) is 1.89. The maximum absolute atomic E-state index is 11.3. The monoisotopic (exact) mass is 223 g/mol. The highest BCUT2D eigenvalue weighted by Gasteiger charge is 2.28. The van der Waals surface area contributed by atoms with Gasteiger partial charge in [-0.1, -0.05) is 0 Å². The summed E-state index contributed by atoms with van der Waals surface area (Å²) in [5.41, 5.74) is -0.166. The van der Waals surface area contributed by atoms with Crippen LogP contribution in [0.1, 0.15) is 51.9 Å². The highest BCUT2D eigenvalue weighted by atomic mass is 16.1. The van der Waals surface area contributed by atoms with Crippen LogP contribution in [-0.4, -0.2) is 26.1 Å². The van der Waals surface area contributed by atoms with Crippen LogP contribution in [0.15, 0.2) is 0 Å². The van der Waals surface area contributed by atoms with E-state index >= 15 is 0 Å². The summed E-state index contributed by atoms with van der Waals surface area (Å²) < 4.78 is 1.78. The molecule has 0 bridgehead atoms. The summed E-state index contributed by atoms with van der Waals surface area (Å²) in [4.78, 5) is 11.3. The van der Waals surface area contributed by atoms with E-state index in [1.165, 1.54) is 0 Å². The quantitative estimate of drug-likeness (QED) is 0.763. The zero-order valence-electron chi connectivity index (χ0n) is 9.90. The fraction of sp³-hybridized carbons (Fsp3) is 0.800. The van der Waals surface area contributed by atoms with Crippen molar-refractivity contribution in [2.75, 3.05) is 0 Å². The van der Waals surface area contributed by atoms with Crippen molar-refractivity contribution in [3.05, 3.63) is 5.82 Å². The van der Waals surface area contributed by atoms with Gasteiger partial charge in [-0.3, -0.25) is 4.79 Å². The van der Waals surface area contributed by atoms with E-state index in [1.54, 1.807) is 4.68 Å². The van der Waals surface area contributed by atoms with E-state index in [1.807, 2.05) is 20.8 Å². The predicted octanol–water partition coefficient (Wildman–Crippen LogP) is 0.769. The molecular formula is C10H17N5O. The van der Waals surface area contributed by atoms with Crippen molar-refractivity contribution >= 4 is 5.91 Å². The number of tetrazole rings is 1. The van der Waals surface area contributed by atoms with E-state index < -0.39 is 0 Å². The van der Waals surface area contributed by atoms with E-state index in [-0.39, 0.29) is 17.5 Å². The molecule has 0 aliphatic carbocycles. The van der Waals surface area contributed by atoms with Crippen molar-refractivity contribution in [1.82, 2.24) is 25.5 Å². The Morgan fingerprint density at radius 1 is 1.44 bits per heavy atom. The van der Waals surface area contributed by atoms with Crippen LogP contribution in [0.25, 0.3) is 0 Å². The molecule has 1 aliphatic heterocycles. The number of rotatable bonds is 1. The largest absolute Gasteiger partial charge is 0.346 e. The summed E-state index contributed by atoms with van der Waals surface area (Å²) in [7, 11) is 0. The summed E-state index contributed by atoms with van der Waals surface area (Å²) in [6.45, 7) is 6.12.